The van der Waals surface area contributed by atoms with Crippen molar-refractivity contribution in [2.24, 2.45) is 7.05 Å². The summed E-state index contributed by atoms with van der Waals surface area (Å²) in [5.41, 5.74) is 4.16. The van der Waals surface area contributed by atoms with Gasteiger partial charge < -0.3 is 9.88 Å². The van der Waals surface area contributed by atoms with Crippen molar-refractivity contribution in [1.29, 1.82) is 0 Å². The number of pyridine rings is 1. The van der Waals surface area contributed by atoms with E-state index >= 15 is 0 Å². The Balaban J connectivity index is 1.68. The molecular formula is C20H23N5OS. The van der Waals surface area contributed by atoms with Gasteiger partial charge in [0.1, 0.15) is 0 Å². The molecule has 0 spiro atoms. The number of amides is 1. The lowest BCUT2D eigenvalue weighted by Crippen LogP contribution is -2.17. The van der Waals surface area contributed by atoms with Crippen molar-refractivity contribution >= 4 is 23.4 Å². The van der Waals surface area contributed by atoms with E-state index in [1.165, 1.54) is 11.8 Å². The SMILES string of the molecule is CCc1cccc(CC)c1NC(=O)CSc1nnc(-c2cccnc2)n1C. The fraction of sp³-hybridized carbons (Fsp3) is 0.300. The molecule has 3 rings (SSSR count). The molecule has 140 valence electrons. The van der Waals surface area contributed by atoms with Crippen molar-refractivity contribution in [2.45, 2.75) is 31.8 Å². The zero-order valence-electron chi connectivity index (χ0n) is 15.8. The predicted octanol–water partition coefficient (Wildman–Crippen LogP) is 3.73. The number of hydrogen-bond acceptors (Lipinski definition) is 5. The third-order valence-corrected chi connectivity index (χ3v) is 5.37. The minimum absolute atomic E-state index is 0.0403. The second-order valence-corrected chi connectivity index (χ2v) is 7.04. The summed E-state index contributed by atoms with van der Waals surface area (Å²) in [6, 6.07) is 9.96. The molecule has 0 radical (unpaired) electrons. The van der Waals surface area contributed by atoms with E-state index in [0.717, 1.165) is 41.0 Å². The number of anilines is 1. The second-order valence-electron chi connectivity index (χ2n) is 6.10. The molecule has 1 amide bonds. The molecule has 0 fully saturated rings. The number of carbonyl (C=O) groups is 1. The summed E-state index contributed by atoms with van der Waals surface area (Å²) in [4.78, 5) is 16.6. The third-order valence-electron chi connectivity index (χ3n) is 4.35. The molecule has 0 aliphatic rings. The molecule has 0 aliphatic carbocycles. The fourth-order valence-electron chi connectivity index (χ4n) is 2.90. The van der Waals surface area contributed by atoms with Crippen LogP contribution < -0.4 is 5.32 Å². The zero-order chi connectivity index (χ0) is 19.2. The highest BCUT2D eigenvalue weighted by atomic mass is 32.2. The number of aromatic nitrogens is 4. The van der Waals surface area contributed by atoms with Crippen LogP contribution in [0.25, 0.3) is 11.4 Å². The summed E-state index contributed by atoms with van der Waals surface area (Å²) in [6.07, 6.45) is 5.24. The Hall–Kier alpha value is -2.67. The van der Waals surface area contributed by atoms with E-state index in [2.05, 4.69) is 46.5 Å². The molecule has 7 heteroatoms. The number of nitrogens with zero attached hydrogens (tertiary/aromatic N) is 4. The Morgan fingerprint density at radius 2 is 1.85 bits per heavy atom. The van der Waals surface area contributed by atoms with Crippen molar-refractivity contribution in [1.82, 2.24) is 19.7 Å². The average molecular weight is 382 g/mol. The van der Waals surface area contributed by atoms with Crippen molar-refractivity contribution < 1.29 is 4.79 Å². The zero-order valence-corrected chi connectivity index (χ0v) is 16.6. The monoisotopic (exact) mass is 381 g/mol. The summed E-state index contributed by atoms with van der Waals surface area (Å²) in [5, 5.41) is 12.2. The summed E-state index contributed by atoms with van der Waals surface area (Å²) < 4.78 is 1.88. The number of thioether (sulfide) groups is 1. The molecule has 1 N–H and O–H groups in total. The van der Waals surface area contributed by atoms with E-state index in [4.69, 9.17) is 0 Å². The minimum atomic E-state index is -0.0403. The standard InChI is InChI=1S/C20H23N5OS/c1-4-14-8-6-9-15(5-2)18(14)22-17(26)13-27-20-24-23-19(25(20)3)16-10-7-11-21-12-16/h6-12H,4-5,13H2,1-3H3,(H,22,26). The first-order valence-corrected chi connectivity index (χ1v) is 9.95. The predicted molar refractivity (Wildman–Crippen MR) is 109 cm³/mol. The molecule has 0 atom stereocenters. The highest BCUT2D eigenvalue weighted by Crippen LogP contribution is 2.25. The van der Waals surface area contributed by atoms with Gasteiger partial charge in [-0.1, -0.05) is 43.8 Å². The molecule has 3 aromatic rings. The summed E-state index contributed by atoms with van der Waals surface area (Å²) in [7, 11) is 1.89. The maximum atomic E-state index is 12.5. The van der Waals surface area contributed by atoms with Crippen LogP contribution in [0.4, 0.5) is 5.69 Å². The van der Waals surface area contributed by atoms with Gasteiger partial charge in [0.15, 0.2) is 11.0 Å². The molecule has 2 aromatic heterocycles. The Bertz CT molecular complexity index is 901. The number of rotatable bonds is 7. The van der Waals surface area contributed by atoms with Gasteiger partial charge in [0.25, 0.3) is 0 Å². The van der Waals surface area contributed by atoms with Crippen molar-refractivity contribution in [2.75, 3.05) is 11.1 Å². The summed E-state index contributed by atoms with van der Waals surface area (Å²) in [6.45, 7) is 4.19. The Morgan fingerprint density at radius 1 is 1.11 bits per heavy atom. The topological polar surface area (TPSA) is 72.7 Å². The van der Waals surface area contributed by atoms with Crippen molar-refractivity contribution in [3.63, 3.8) is 0 Å². The van der Waals surface area contributed by atoms with E-state index < -0.39 is 0 Å². The molecule has 2 heterocycles. The van der Waals surface area contributed by atoms with E-state index in [0.29, 0.717) is 5.16 Å². The van der Waals surface area contributed by atoms with Crippen LogP contribution in [0, 0.1) is 0 Å². The third kappa shape index (κ3) is 4.36. The molecule has 0 saturated carbocycles. The van der Waals surface area contributed by atoms with Crippen LogP contribution in [0.5, 0.6) is 0 Å². The minimum Gasteiger partial charge on any atom is -0.325 e. The molecule has 27 heavy (non-hydrogen) atoms. The van der Waals surface area contributed by atoms with E-state index in [-0.39, 0.29) is 11.7 Å². The van der Waals surface area contributed by atoms with Gasteiger partial charge in [-0.2, -0.15) is 0 Å². The first kappa shape index (κ1) is 19.1. The molecule has 0 bridgehead atoms. The van der Waals surface area contributed by atoms with Crippen LogP contribution in [0.1, 0.15) is 25.0 Å². The molecular weight excluding hydrogens is 358 g/mol. The largest absolute Gasteiger partial charge is 0.325 e. The molecule has 0 unspecified atom stereocenters. The molecule has 0 saturated heterocycles. The maximum Gasteiger partial charge on any atom is 0.234 e. The first-order valence-electron chi connectivity index (χ1n) is 8.97. The van der Waals surface area contributed by atoms with Gasteiger partial charge in [-0.15, -0.1) is 10.2 Å². The highest BCUT2D eigenvalue weighted by Gasteiger charge is 2.14. The van der Waals surface area contributed by atoms with Crippen molar-refractivity contribution in [3.05, 3.63) is 53.9 Å². The Kier molecular flexibility index (Phi) is 6.24. The average Bonchev–Trinajstić information content (AvgIpc) is 3.07. The normalized spacial score (nSPS) is 10.8. The molecule has 0 aliphatic heterocycles. The van der Waals surface area contributed by atoms with E-state index in [1.807, 2.05) is 29.8 Å². The number of aryl methyl sites for hydroxylation is 2. The van der Waals surface area contributed by atoms with Gasteiger partial charge in [0.05, 0.1) is 5.75 Å². The molecule has 6 nitrogen and oxygen atoms in total. The quantitative estimate of drug-likeness (QED) is 0.631. The lowest BCUT2D eigenvalue weighted by atomic mass is 10.0. The number of hydrogen-bond donors (Lipinski definition) is 1. The van der Waals surface area contributed by atoms with Crippen LogP contribution in [0.15, 0.2) is 47.9 Å². The lowest BCUT2D eigenvalue weighted by Gasteiger charge is -2.14. The first-order chi connectivity index (χ1) is 13.1. The van der Waals surface area contributed by atoms with Gasteiger partial charge in [0.2, 0.25) is 5.91 Å². The van der Waals surface area contributed by atoms with E-state index in [9.17, 15) is 4.79 Å². The summed E-state index contributed by atoms with van der Waals surface area (Å²) >= 11 is 1.37. The molecule has 1 aromatic carbocycles. The van der Waals surface area contributed by atoms with Gasteiger partial charge in [-0.25, -0.2) is 0 Å². The van der Waals surface area contributed by atoms with Gasteiger partial charge in [-0.05, 0) is 36.1 Å². The fourth-order valence-corrected chi connectivity index (χ4v) is 3.61. The second kappa shape index (κ2) is 8.81. The smallest absolute Gasteiger partial charge is 0.234 e. The van der Waals surface area contributed by atoms with Crippen molar-refractivity contribution in [3.8, 4) is 11.4 Å². The van der Waals surface area contributed by atoms with Crippen LogP contribution >= 0.6 is 11.8 Å². The van der Waals surface area contributed by atoms with Crippen LogP contribution in [-0.2, 0) is 24.7 Å². The lowest BCUT2D eigenvalue weighted by molar-refractivity contribution is -0.113. The number of para-hydroxylation sites is 1. The van der Waals surface area contributed by atoms with Gasteiger partial charge >= 0.3 is 0 Å². The maximum absolute atomic E-state index is 12.5. The van der Waals surface area contributed by atoms with E-state index in [1.54, 1.807) is 12.4 Å². The number of nitrogens with one attached hydrogen (secondary N) is 1. The van der Waals surface area contributed by atoms with Crippen LogP contribution in [-0.4, -0.2) is 31.4 Å². The van der Waals surface area contributed by atoms with Crippen LogP contribution in [0.3, 0.4) is 0 Å². The number of carbonyl (C=O) groups excluding carboxylic acids is 1. The number of benzene rings is 1. The van der Waals surface area contributed by atoms with Gasteiger partial charge in [-0.3, -0.25) is 9.78 Å². The Morgan fingerprint density at radius 3 is 2.48 bits per heavy atom. The van der Waals surface area contributed by atoms with Gasteiger partial charge in [0, 0.05) is 30.7 Å². The highest BCUT2D eigenvalue weighted by molar-refractivity contribution is 7.99. The summed E-state index contributed by atoms with van der Waals surface area (Å²) in [5.74, 6) is 0.970. The Labute approximate surface area is 163 Å². The van der Waals surface area contributed by atoms with Crippen LogP contribution in [0.2, 0.25) is 0 Å².